The first-order valence-electron chi connectivity index (χ1n) is 4.25. The largest absolute Gasteiger partial charge is 0.326 e. The van der Waals surface area contributed by atoms with Gasteiger partial charge in [-0.1, -0.05) is 12.1 Å². The van der Waals surface area contributed by atoms with Crippen molar-refractivity contribution < 1.29 is 14.0 Å². The van der Waals surface area contributed by atoms with E-state index in [1.165, 1.54) is 30.3 Å². The molecule has 1 aromatic rings. The molecule has 0 unspecified atom stereocenters. The molecule has 0 spiro atoms. The highest BCUT2D eigenvalue weighted by Crippen LogP contribution is 2.08. The standard InChI is InChI=1S/C10H7FN2O2/c11-7-3-1-6(2-4-7)5-8-9(14)13-10(15)12-8/h1-5H,(H2,12,13,14,15)/b8-5-. The van der Waals surface area contributed by atoms with Crippen LogP contribution in [0.15, 0.2) is 30.0 Å². The van der Waals surface area contributed by atoms with Gasteiger partial charge < -0.3 is 5.32 Å². The molecule has 0 saturated carbocycles. The van der Waals surface area contributed by atoms with Crippen molar-refractivity contribution in [3.8, 4) is 0 Å². The molecule has 0 aliphatic carbocycles. The van der Waals surface area contributed by atoms with E-state index >= 15 is 0 Å². The molecule has 3 amide bonds. The quantitative estimate of drug-likeness (QED) is 0.532. The molecule has 1 aliphatic heterocycles. The van der Waals surface area contributed by atoms with Crippen LogP contribution in [0.4, 0.5) is 9.18 Å². The van der Waals surface area contributed by atoms with Crippen LogP contribution in [0.5, 0.6) is 0 Å². The minimum absolute atomic E-state index is 0.159. The van der Waals surface area contributed by atoms with Gasteiger partial charge in [0.2, 0.25) is 0 Å². The molecular formula is C10H7FN2O2. The maximum absolute atomic E-state index is 12.6. The maximum Gasteiger partial charge on any atom is 0.326 e. The van der Waals surface area contributed by atoms with Crippen LogP contribution < -0.4 is 10.6 Å². The monoisotopic (exact) mass is 206 g/mol. The van der Waals surface area contributed by atoms with Crippen molar-refractivity contribution in [1.29, 1.82) is 0 Å². The fraction of sp³-hybridized carbons (Fsp3) is 0. The van der Waals surface area contributed by atoms with Crippen molar-refractivity contribution in [3.63, 3.8) is 0 Å². The van der Waals surface area contributed by atoms with Crippen LogP contribution in [0.1, 0.15) is 5.56 Å². The van der Waals surface area contributed by atoms with Gasteiger partial charge in [0.1, 0.15) is 11.5 Å². The summed E-state index contributed by atoms with van der Waals surface area (Å²) in [5, 5.41) is 4.40. The van der Waals surface area contributed by atoms with Crippen molar-refractivity contribution in [1.82, 2.24) is 10.6 Å². The normalized spacial score (nSPS) is 17.8. The lowest BCUT2D eigenvalue weighted by Crippen LogP contribution is -2.22. The first-order chi connectivity index (χ1) is 7.15. The molecule has 1 fully saturated rings. The fourth-order valence-corrected chi connectivity index (χ4v) is 1.21. The van der Waals surface area contributed by atoms with E-state index < -0.39 is 11.9 Å². The Morgan fingerprint density at radius 3 is 2.27 bits per heavy atom. The van der Waals surface area contributed by atoms with Gasteiger partial charge in [-0.3, -0.25) is 10.1 Å². The highest BCUT2D eigenvalue weighted by molar-refractivity contribution is 6.13. The molecule has 0 atom stereocenters. The second-order valence-corrected chi connectivity index (χ2v) is 3.02. The van der Waals surface area contributed by atoms with E-state index in [9.17, 15) is 14.0 Å². The maximum atomic E-state index is 12.6. The van der Waals surface area contributed by atoms with E-state index in [1.54, 1.807) is 0 Å². The van der Waals surface area contributed by atoms with E-state index in [0.29, 0.717) is 5.56 Å². The predicted octanol–water partition coefficient (Wildman–Crippen LogP) is 1.01. The molecule has 0 aromatic heterocycles. The Kier molecular flexibility index (Phi) is 2.21. The number of carbonyl (C=O) groups is 2. The van der Waals surface area contributed by atoms with Gasteiger partial charge in [0.15, 0.2) is 0 Å². The van der Waals surface area contributed by atoms with Crippen molar-refractivity contribution in [2.75, 3.05) is 0 Å². The topological polar surface area (TPSA) is 58.2 Å². The number of hydrogen-bond acceptors (Lipinski definition) is 2. The minimum Gasteiger partial charge on any atom is -0.303 e. The summed E-state index contributed by atoms with van der Waals surface area (Å²) in [6, 6.07) is 5.04. The highest BCUT2D eigenvalue weighted by Gasteiger charge is 2.22. The van der Waals surface area contributed by atoms with Crippen molar-refractivity contribution in [3.05, 3.63) is 41.3 Å². The zero-order valence-corrected chi connectivity index (χ0v) is 7.58. The first kappa shape index (κ1) is 9.39. The Morgan fingerprint density at radius 2 is 1.73 bits per heavy atom. The van der Waals surface area contributed by atoms with E-state index in [1.807, 2.05) is 0 Å². The Hall–Kier alpha value is -2.17. The molecule has 76 valence electrons. The molecule has 1 aromatic carbocycles. The van der Waals surface area contributed by atoms with Gasteiger partial charge in [0, 0.05) is 0 Å². The van der Waals surface area contributed by atoms with Gasteiger partial charge in [-0.05, 0) is 23.8 Å². The van der Waals surface area contributed by atoms with Crippen LogP contribution in [0.2, 0.25) is 0 Å². The van der Waals surface area contributed by atoms with E-state index in [4.69, 9.17) is 0 Å². The molecule has 5 heteroatoms. The SMILES string of the molecule is O=C1NC(=O)/C(=C/c2ccc(F)cc2)N1. The third-order valence-corrected chi connectivity index (χ3v) is 1.90. The minimum atomic E-state index is -0.548. The number of nitrogens with one attached hydrogen (secondary N) is 2. The molecule has 15 heavy (non-hydrogen) atoms. The van der Waals surface area contributed by atoms with Gasteiger partial charge in [0.25, 0.3) is 5.91 Å². The molecule has 0 radical (unpaired) electrons. The number of hydrogen-bond donors (Lipinski definition) is 2. The number of carbonyl (C=O) groups excluding carboxylic acids is 2. The van der Waals surface area contributed by atoms with Gasteiger partial charge in [0.05, 0.1) is 0 Å². The number of halogens is 1. The Morgan fingerprint density at radius 1 is 1.07 bits per heavy atom. The van der Waals surface area contributed by atoms with E-state index in [2.05, 4.69) is 10.6 Å². The second kappa shape index (κ2) is 3.53. The van der Waals surface area contributed by atoms with Crippen LogP contribution in [0.25, 0.3) is 6.08 Å². The van der Waals surface area contributed by atoms with Crippen molar-refractivity contribution >= 4 is 18.0 Å². The van der Waals surface area contributed by atoms with Crippen LogP contribution >= 0.6 is 0 Å². The Labute approximate surface area is 84.8 Å². The number of amides is 3. The average molecular weight is 206 g/mol. The second-order valence-electron chi connectivity index (χ2n) is 3.02. The number of rotatable bonds is 1. The van der Waals surface area contributed by atoms with Crippen LogP contribution in [-0.4, -0.2) is 11.9 Å². The van der Waals surface area contributed by atoms with Crippen LogP contribution in [0, 0.1) is 5.82 Å². The smallest absolute Gasteiger partial charge is 0.303 e. The molecule has 1 heterocycles. The van der Waals surface area contributed by atoms with Gasteiger partial charge >= 0.3 is 6.03 Å². The summed E-state index contributed by atoms with van der Waals surface area (Å²) in [5.41, 5.74) is 0.801. The van der Waals surface area contributed by atoms with E-state index in [0.717, 1.165) is 0 Å². The lowest BCUT2D eigenvalue weighted by atomic mass is 10.2. The van der Waals surface area contributed by atoms with Gasteiger partial charge in [-0.15, -0.1) is 0 Å². The lowest BCUT2D eigenvalue weighted by Gasteiger charge is -1.95. The third-order valence-electron chi connectivity index (χ3n) is 1.90. The van der Waals surface area contributed by atoms with Crippen molar-refractivity contribution in [2.24, 2.45) is 0 Å². The molecule has 4 nitrogen and oxygen atoms in total. The summed E-state index contributed by atoms with van der Waals surface area (Å²) in [4.78, 5) is 21.9. The molecule has 1 saturated heterocycles. The summed E-state index contributed by atoms with van der Waals surface area (Å²) in [6.45, 7) is 0. The summed E-state index contributed by atoms with van der Waals surface area (Å²) in [5.74, 6) is -0.832. The summed E-state index contributed by atoms with van der Waals surface area (Å²) >= 11 is 0. The zero-order chi connectivity index (χ0) is 10.8. The van der Waals surface area contributed by atoms with Gasteiger partial charge in [-0.25, -0.2) is 9.18 Å². The molecule has 2 N–H and O–H groups in total. The Balaban J connectivity index is 2.27. The van der Waals surface area contributed by atoms with Gasteiger partial charge in [-0.2, -0.15) is 0 Å². The van der Waals surface area contributed by atoms with Crippen LogP contribution in [0.3, 0.4) is 0 Å². The zero-order valence-electron chi connectivity index (χ0n) is 7.58. The third kappa shape index (κ3) is 2.01. The number of benzene rings is 1. The molecular weight excluding hydrogens is 199 g/mol. The van der Waals surface area contributed by atoms with Crippen LogP contribution in [-0.2, 0) is 4.79 Å². The first-order valence-corrected chi connectivity index (χ1v) is 4.25. The van der Waals surface area contributed by atoms with Crippen molar-refractivity contribution in [2.45, 2.75) is 0 Å². The number of imide groups is 1. The summed E-state index contributed by atoms with van der Waals surface area (Å²) < 4.78 is 12.6. The van der Waals surface area contributed by atoms with E-state index in [-0.39, 0.29) is 11.5 Å². The molecule has 2 rings (SSSR count). The molecule has 1 aliphatic rings. The average Bonchev–Trinajstić information content (AvgIpc) is 2.49. The predicted molar refractivity (Wildman–Crippen MR) is 51.1 cm³/mol. The highest BCUT2D eigenvalue weighted by atomic mass is 19.1. The number of urea groups is 1. The summed E-state index contributed by atoms with van der Waals surface area (Å²) in [6.07, 6.45) is 1.47. The molecule has 0 bridgehead atoms. The fourth-order valence-electron chi connectivity index (χ4n) is 1.21. The lowest BCUT2D eigenvalue weighted by molar-refractivity contribution is -0.115. The summed E-state index contributed by atoms with van der Waals surface area (Å²) in [7, 11) is 0. The Bertz CT molecular complexity index is 451.